The normalized spacial score (nSPS) is 10.9. The Bertz CT molecular complexity index is 1260. The Kier molecular flexibility index (Phi) is 4.42. The number of fused-ring (bicyclic) bond motifs is 1. The Morgan fingerprint density at radius 2 is 1.52 bits per heavy atom. The van der Waals surface area contributed by atoms with E-state index in [9.17, 15) is 0 Å². The molecule has 0 saturated heterocycles. The minimum absolute atomic E-state index is 0.684. The maximum Gasteiger partial charge on any atom is 0.180 e. The average Bonchev–Trinajstić information content (AvgIpc) is 3.25. The van der Waals surface area contributed by atoms with Gasteiger partial charge in [-0.2, -0.15) is 0 Å². The van der Waals surface area contributed by atoms with Gasteiger partial charge in [0, 0.05) is 46.6 Å². The molecule has 5 aromatic rings. The van der Waals surface area contributed by atoms with Crippen molar-refractivity contribution in [2.45, 2.75) is 0 Å². The highest BCUT2D eigenvalue weighted by Gasteiger charge is 2.10. The highest BCUT2D eigenvalue weighted by Crippen LogP contribution is 2.27. The fourth-order valence-electron chi connectivity index (χ4n) is 3.17. The largest absolute Gasteiger partial charge is 0.337 e. The van der Waals surface area contributed by atoms with E-state index < -0.39 is 0 Å². The number of aromatic nitrogens is 4. The fraction of sp³-hybridized carbons (Fsp3) is 0. The van der Waals surface area contributed by atoms with Crippen LogP contribution in [-0.2, 0) is 0 Å². The van der Waals surface area contributed by atoms with Gasteiger partial charge < -0.3 is 9.72 Å². The molecule has 5 nitrogen and oxygen atoms in total. The van der Waals surface area contributed by atoms with Gasteiger partial charge in [0.05, 0.1) is 11.4 Å². The molecule has 0 spiro atoms. The summed E-state index contributed by atoms with van der Waals surface area (Å²) in [4.78, 5) is 13.7. The van der Waals surface area contributed by atoms with E-state index in [1.807, 2.05) is 59.3 Å². The molecule has 3 aromatic heterocycles. The summed E-state index contributed by atoms with van der Waals surface area (Å²) in [6, 6.07) is 21.6. The van der Waals surface area contributed by atoms with Crippen LogP contribution in [0.4, 0.5) is 11.5 Å². The summed E-state index contributed by atoms with van der Waals surface area (Å²) in [5, 5.41) is 4.04. The molecule has 0 radical (unpaired) electrons. The molecule has 0 bridgehead atoms. The van der Waals surface area contributed by atoms with Crippen molar-refractivity contribution >= 4 is 28.8 Å². The highest BCUT2D eigenvalue weighted by molar-refractivity contribution is 6.30. The van der Waals surface area contributed by atoms with Gasteiger partial charge in [0.25, 0.3) is 0 Å². The van der Waals surface area contributed by atoms with Crippen LogP contribution in [0, 0.1) is 0 Å². The summed E-state index contributed by atoms with van der Waals surface area (Å²) < 4.78 is 1.97. The predicted octanol–water partition coefficient (Wildman–Crippen LogP) is 5.86. The van der Waals surface area contributed by atoms with Crippen LogP contribution in [0.25, 0.3) is 28.2 Å². The molecule has 0 fully saturated rings. The van der Waals surface area contributed by atoms with Gasteiger partial charge in [0.15, 0.2) is 11.5 Å². The first-order valence-electron chi connectivity index (χ1n) is 9.14. The van der Waals surface area contributed by atoms with E-state index in [0.29, 0.717) is 10.8 Å². The number of hydrogen-bond donors (Lipinski definition) is 1. The number of benzene rings is 2. The molecular formula is C23H16ClN5. The predicted molar refractivity (Wildman–Crippen MR) is 116 cm³/mol. The van der Waals surface area contributed by atoms with Crippen LogP contribution >= 0.6 is 11.6 Å². The first-order valence-corrected chi connectivity index (χ1v) is 9.52. The molecule has 1 N–H and O–H groups in total. The van der Waals surface area contributed by atoms with E-state index in [-0.39, 0.29) is 0 Å². The lowest BCUT2D eigenvalue weighted by Gasteiger charge is -2.10. The second-order valence-electron chi connectivity index (χ2n) is 6.56. The number of pyridine rings is 1. The Labute approximate surface area is 172 Å². The standard InChI is InChI=1S/C23H16ClN5/c24-18-8-10-19(11-9-18)27-22-23-26-13-14-29(23)15-21(28-22)17-6-4-16(5-7-17)20-3-1-2-12-25-20/h1-15H,(H,27,28). The summed E-state index contributed by atoms with van der Waals surface area (Å²) in [6.07, 6.45) is 7.45. The molecule has 140 valence electrons. The van der Waals surface area contributed by atoms with Crippen LogP contribution in [0.5, 0.6) is 0 Å². The lowest BCUT2D eigenvalue weighted by atomic mass is 10.1. The van der Waals surface area contributed by atoms with Gasteiger partial charge in [-0.1, -0.05) is 41.9 Å². The zero-order chi connectivity index (χ0) is 19.6. The van der Waals surface area contributed by atoms with E-state index in [1.54, 1.807) is 12.4 Å². The zero-order valence-corrected chi connectivity index (χ0v) is 16.1. The van der Waals surface area contributed by atoms with Crippen LogP contribution in [-0.4, -0.2) is 19.4 Å². The van der Waals surface area contributed by atoms with Crippen molar-refractivity contribution in [1.29, 1.82) is 0 Å². The summed E-state index contributed by atoms with van der Waals surface area (Å²) in [6.45, 7) is 0. The van der Waals surface area contributed by atoms with Crippen LogP contribution in [0.1, 0.15) is 0 Å². The molecule has 0 atom stereocenters. The molecule has 0 aliphatic heterocycles. The molecule has 0 amide bonds. The van der Waals surface area contributed by atoms with Gasteiger partial charge in [-0.3, -0.25) is 4.98 Å². The number of halogens is 1. The molecule has 29 heavy (non-hydrogen) atoms. The molecule has 6 heteroatoms. The fourth-order valence-corrected chi connectivity index (χ4v) is 3.30. The third-order valence-corrected chi connectivity index (χ3v) is 4.87. The lowest BCUT2D eigenvalue weighted by Crippen LogP contribution is -2.00. The van der Waals surface area contributed by atoms with E-state index in [1.165, 1.54) is 0 Å². The summed E-state index contributed by atoms with van der Waals surface area (Å²) in [7, 11) is 0. The molecule has 0 aliphatic carbocycles. The monoisotopic (exact) mass is 397 g/mol. The van der Waals surface area contributed by atoms with Crippen molar-refractivity contribution in [2.75, 3.05) is 5.32 Å². The molecule has 5 rings (SSSR count). The summed E-state index contributed by atoms with van der Waals surface area (Å²) in [5.41, 5.74) is 5.53. The second kappa shape index (κ2) is 7.37. The quantitative estimate of drug-likeness (QED) is 0.413. The minimum Gasteiger partial charge on any atom is -0.337 e. The molecule has 3 heterocycles. The number of hydrogen-bond acceptors (Lipinski definition) is 4. The highest BCUT2D eigenvalue weighted by atomic mass is 35.5. The zero-order valence-electron chi connectivity index (χ0n) is 15.3. The minimum atomic E-state index is 0.684. The van der Waals surface area contributed by atoms with Crippen molar-refractivity contribution in [3.8, 4) is 22.5 Å². The molecule has 2 aromatic carbocycles. The SMILES string of the molecule is Clc1ccc(Nc2nc(-c3ccc(-c4ccccn4)cc3)cn3ccnc23)cc1. The third kappa shape index (κ3) is 3.56. The van der Waals surface area contributed by atoms with Crippen molar-refractivity contribution in [1.82, 2.24) is 19.4 Å². The van der Waals surface area contributed by atoms with Crippen LogP contribution in [0.15, 0.2) is 91.5 Å². The number of anilines is 2. The number of nitrogens with zero attached hydrogens (tertiary/aromatic N) is 4. The van der Waals surface area contributed by atoms with Crippen molar-refractivity contribution < 1.29 is 0 Å². The van der Waals surface area contributed by atoms with Gasteiger partial charge in [-0.25, -0.2) is 9.97 Å². The van der Waals surface area contributed by atoms with Gasteiger partial charge in [0.1, 0.15) is 0 Å². The van der Waals surface area contributed by atoms with Gasteiger partial charge in [-0.05, 0) is 36.4 Å². The van der Waals surface area contributed by atoms with Crippen molar-refractivity contribution in [3.63, 3.8) is 0 Å². The van der Waals surface area contributed by atoms with Crippen molar-refractivity contribution in [3.05, 3.63) is 96.5 Å². The topological polar surface area (TPSA) is 55.1 Å². The summed E-state index contributed by atoms with van der Waals surface area (Å²) >= 11 is 5.99. The first kappa shape index (κ1) is 17.4. The third-order valence-electron chi connectivity index (χ3n) is 4.62. The molecular weight excluding hydrogens is 382 g/mol. The summed E-state index contributed by atoms with van der Waals surface area (Å²) in [5.74, 6) is 0.684. The van der Waals surface area contributed by atoms with Crippen LogP contribution < -0.4 is 5.32 Å². The lowest BCUT2D eigenvalue weighted by molar-refractivity contribution is 1.13. The number of imidazole rings is 1. The van der Waals surface area contributed by atoms with E-state index in [4.69, 9.17) is 16.6 Å². The number of nitrogens with one attached hydrogen (secondary N) is 1. The second-order valence-corrected chi connectivity index (χ2v) is 6.99. The maximum atomic E-state index is 5.99. The van der Waals surface area contributed by atoms with Gasteiger partial charge in [-0.15, -0.1) is 0 Å². The Balaban J connectivity index is 1.52. The molecule has 0 saturated carbocycles. The van der Waals surface area contributed by atoms with Crippen molar-refractivity contribution in [2.24, 2.45) is 0 Å². The maximum absolute atomic E-state index is 5.99. The Morgan fingerprint density at radius 1 is 0.759 bits per heavy atom. The molecule has 0 aliphatic rings. The van der Waals surface area contributed by atoms with E-state index in [2.05, 4.69) is 39.6 Å². The van der Waals surface area contributed by atoms with Crippen LogP contribution in [0.3, 0.4) is 0 Å². The Hall–Kier alpha value is -3.70. The van der Waals surface area contributed by atoms with Crippen LogP contribution in [0.2, 0.25) is 5.02 Å². The van der Waals surface area contributed by atoms with Gasteiger partial charge in [0.2, 0.25) is 0 Å². The number of rotatable bonds is 4. The average molecular weight is 398 g/mol. The smallest absolute Gasteiger partial charge is 0.180 e. The first-order chi connectivity index (χ1) is 14.3. The Morgan fingerprint density at radius 3 is 2.24 bits per heavy atom. The molecule has 0 unspecified atom stereocenters. The van der Waals surface area contributed by atoms with E-state index in [0.717, 1.165) is 33.8 Å². The van der Waals surface area contributed by atoms with E-state index >= 15 is 0 Å². The van der Waals surface area contributed by atoms with Gasteiger partial charge >= 0.3 is 0 Å².